The fraction of sp³-hybridized carbons (Fsp3) is 0.375. The number of carbonyl (C=O) groups excluding carboxylic acids is 2. The van der Waals surface area contributed by atoms with E-state index in [2.05, 4.69) is 30.5 Å². The van der Waals surface area contributed by atoms with Crippen molar-refractivity contribution in [2.45, 2.75) is 33.2 Å². The standard InChI is InChI=1S/C24H28N6O4S/c1-14(2)11-18(31)15-7-5-6-8-16(15)25-22(32)29-24-26-17-9-10-30(13-19(17)35-24)20-12-21(33-3)28-23(27-20)34-4/h5-8,12,14H,9-11,13H2,1-4H3,(H2,25,26,29,32). The van der Waals surface area contributed by atoms with Crippen LogP contribution in [-0.2, 0) is 13.0 Å². The lowest BCUT2D eigenvalue weighted by molar-refractivity contribution is 0.0968. The van der Waals surface area contributed by atoms with Gasteiger partial charge in [0.05, 0.1) is 32.1 Å². The van der Waals surface area contributed by atoms with Gasteiger partial charge in [0.15, 0.2) is 10.9 Å². The zero-order chi connectivity index (χ0) is 24.9. The van der Waals surface area contributed by atoms with Gasteiger partial charge in [-0.15, -0.1) is 0 Å². The Morgan fingerprint density at radius 1 is 1.11 bits per heavy atom. The number of nitrogens with one attached hydrogen (secondary N) is 2. The Morgan fingerprint density at radius 3 is 2.66 bits per heavy atom. The van der Waals surface area contributed by atoms with Gasteiger partial charge in [0.25, 0.3) is 0 Å². The molecule has 1 aliphatic heterocycles. The molecule has 0 spiro atoms. The molecule has 0 bridgehead atoms. The van der Waals surface area contributed by atoms with Crippen LogP contribution in [0.5, 0.6) is 11.9 Å². The van der Waals surface area contributed by atoms with E-state index in [1.807, 2.05) is 13.8 Å². The first-order valence-corrected chi connectivity index (χ1v) is 12.1. The van der Waals surface area contributed by atoms with Crippen molar-refractivity contribution >= 4 is 39.8 Å². The molecule has 35 heavy (non-hydrogen) atoms. The summed E-state index contributed by atoms with van der Waals surface area (Å²) in [5.41, 5.74) is 1.93. The van der Waals surface area contributed by atoms with E-state index in [0.717, 1.165) is 10.6 Å². The summed E-state index contributed by atoms with van der Waals surface area (Å²) in [6, 6.07) is 8.59. The van der Waals surface area contributed by atoms with Crippen LogP contribution in [0.4, 0.5) is 21.4 Å². The number of urea groups is 1. The molecule has 11 heteroatoms. The average Bonchev–Trinajstić information content (AvgIpc) is 3.24. The number of Topliss-reactive ketones (excluding diaryl/α,β-unsaturated/α-hetero) is 1. The highest BCUT2D eigenvalue weighted by molar-refractivity contribution is 7.15. The van der Waals surface area contributed by atoms with Crippen molar-refractivity contribution in [1.29, 1.82) is 0 Å². The Balaban J connectivity index is 1.44. The Labute approximate surface area is 207 Å². The van der Waals surface area contributed by atoms with E-state index in [1.165, 1.54) is 18.4 Å². The molecule has 10 nitrogen and oxygen atoms in total. The van der Waals surface area contributed by atoms with Crippen LogP contribution in [0, 0.1) is 5.92 Å². The van der Waals surface area contributed by atoms with Crippen LogP contribution in [0.15, 0.2) is 30.3 Å². The topological polar surface area (TPSA) is 119 Å². The molecule has 2 aromatic heterocycles. The van der Waals surface area contributed by atoms with Gasteiger partial charge >= 0.3 is 12.0 Å². The van der Waals surface area contributed by atoms with Crippen LogP contribution in [0.1, 0.15) is 41.2 Å². The minimum Gasteiger partial charge on any atom is -0.481 e. The van der Waals surface area contributed by atoms with E-state index >= 15 is 0 Å². The van der Waals surface area contributed by atoms with Gasteiger partial charge in [-0.05, 0) is 18.1 Å². The second-order valence-electron chi connectivity index (χ2n) is 8.46. The van der Waals surface area contributed by atoms with Gasteiger partial charge < -0.3 is 19.7 Å². The first kappa shape index (κ1) is 24.4. The molecule has 0 saturated carbocycles. The predicted molar refractivity (Wildman–Crippen MR) is 135 cm³/mol. The average molecular weight is 497 g/mol. The number of hydrogen-bond acceptors (Lipinski definition) is 9. The lowest BCUT2D eigenvalue weighted by Crippen LogP contribution is -2.30. The number of aromatic nitrogens is 3. The molecule has 0 aliphatic carbocycles. The van der Waals surface area contributed by atoms with Crippen molar-refractivity contribution in [2.75, 3.05) is 36.3 Å². The highest BCUT2D eigenvalue weighted by Gasteiger charge is 2.24. The lowest BCUT2D eigenvalue weighted by atomic mass is 10.00. The highest BCUT2D eigenvalue weighted by atomic mass is 32.1. The van der Waals surface area contributed by atoms with Gasteiger partial charge in [0.2, 0.25) is 5.88 Å². The molecule has 0 radical (unpaired) electrons. The van der Waals surface area contributed by atoms with Crippen LogP contribution in [0.3, 0.4) is 0 Å². The van der Waals surface area contributed by atoms with Gasteiger partial charge in [0.1, 0.15) is 5.82 Å². The maximum atomic E-state index is 12.7. The number of benzene rings is 1. The van der Waals surface area contributed by atoms with E-state index < -0.39 is 6.03 Å². The summed E-state index contributed by atoms with van der Waals surface area (Å²) >= 11 is 1.41. The molecule has 0 saturated heterocycles. The second kappa shape index (κ2) is 10.7. The molecule has 1 aliphatic rings. The van der Waals surface area contributed by atoms with Crippen LogP contribution in [-0.4, -0.2) is 47.5 Å². The maximum Gasteiger partial charge on any atom is 0.325 e. The summed E-state index contributed by atoms with van der Waals surface area (Å²) in [5, 5.41) is 6.10. The molecule has 3 heterocycles. The van der Waals surface area contributed by atoms with Crippen molar-refractivity contribution < 1.29 is 19.1 Å². The van der Waals surface area contributed by atoms with E-state index in [-0.39, 0.29) is 17.7 Å². The molecule has 1 aromatic carbocycles. The lowest BCUT2D eigenvalue weighted by Gasteiger charge is -2.27. The number of nitrogens with zero attached hydrogens (tertiary/aromatic N) is 4. The molecule has 3 aromatic rings. The van der Waals surface area contributed by atoms with Crippen LogP contribution in [0.2, 0.25) is 0 Å². The monoisotopic (exact) mass is 496 g/mol. The number of amides is 2. The number of thiazole rings is 1. The van der Waals surface area contributed by atoms with E-state index in [1.54, 1.807) is 37.4 Å². The number of ketones is 1. The van der Waals surface area contributed by atoms with E-state index in [0.29, 0.717) is 54.0 Å². The number of methoxy groups -OCH3 is 2. The number of rotatable bonds is 8. The smallest absolute Gasteiger partial charge is 0.325 e. The Kier molecular flexibility index (Phi) is 7.45. The maximum absolute atomic E-state index is 12.7. The van der Waals surface area contributed by atoms with Gasteiger partial charge in [-0.1, -0.05) is 37.3 Å². The van der Waals surface area contributed by atoms with Gasteiger partial charge in [-0.2, -0.15) is 9.97 Å². The predicted octanol–water partition coefficient (Wildman–Crippen LogP) is 4.39. The number of fused-ring (bicyclic) bond motifs is 1. The zero-order valence-corrected chi connectivity index (χ0v) is 20.9. The largest absolute Gasteiger partial charge is 0.481 e. The minimum atomic E-state index is -0.442. The first-order valence-electron chi connectivity index (χ1n) is 11.3. The molecular weight excluding hydrogens is 468 g/mol. The van der Waals surface area contributed by atoms with Crippen molar-refractivity contribution in [3.63, 3.8) is 0 Å². The Hall–Kier alpha value is -3.73. The third-order valence-corrected chi connectivity index (χ3v) is 6.40. The molecular formula is C24H28N6O4S. The summed E-state index contributed by atoms with van der Waals surface area (Å²) in [6.07, 6.45) is 1.12. The summed E-state index contributed by atoms with van der Waals surface area (Å²) in [7, 11) is 3.06. The summed E-state index contributed by atoms with van der Waals surface area (Å²) < 4.78 is 10.4. The Morgan fingerprint density at radius 2 is 1.91 bits per heavy atom. The van der Waals surface area contributed by atoms with Crippen molar-refractivity contribution in [1.82, 2.24) is 15.0 Å². The summed E-state index contributed by atoms with van der Waals surface area (Å²) in [6.45, 7) is 5.27. The normalized spacial score (nSPS) is 12.8. The van der Waals surface area contributed by atoms with Gasteiger partial charge in [-0.3, -0.25) is 10.1 Å². The highest BCUT2D eigenvalue weighted by Crippen LogP contribution is 2.32. The van der Waals surface area contributed by atoms with Crippen molar-refractivity contribution in [3.8, 4) is 11.9 Å². The third kappa shape index (κ3) is 5.86. The van der Waals surface area contributed by atoms with E-state index in [9.17, 15) is 9.59 Å². The molecule has 2 N–H and O–H groups in total. The number of hydrogen-bond donors (Lipinski definition) is 2. The van der Waals surface area contributed by atoms with Gasteiger partial charge in [-0.25, -0.2) is 9.78 Å². The summed E-state index contributed by atoms with van der Waals surface area (Å²) in [4.78, 5) is 41.6. The minimum absolute atomic E-state index is 0.00122. The number of ether oxygens (including phenoxy) is 2. The fourth-order valence-electron chi connectivity index (χ4n) is 3.76. The van der Waals surface area contributed by atoms with Crippen molar-refractivity contribution in [3.05, 3.63) is 46.5 Å². The molecule has 2 amide bonds. The number of para-hydroxylation sites is 1. The van der Waals surface area contributed by atoms with Crippen LogP contribution < -0.4 is 25.0 Å². The van der Waals surface area contributed by atoms with Crippen LogP contribution in [0.25, 0.3) is 0 Å². The molecule has 184 valence electrons. The second-order valence-corrected chi connectivity index (χ2v) is 9.55. The first-order chi connectivity index (χ1) is 16.9. The molecule has 4 rings (SSSR count). The quantitative estimate of drug-likeness (QED) is 0.441. The summed E-state index contributed by atoms with van der Waals surface area (Å²) in [5.74, 6) is 1.35. The molecule has 0 atom stereocenters. The zero-order valence-electron chi connectivity index (χ0n) is 20.1. The van der Waals surface area contributed by atoms with Gasteiger partial charge in [0, 0.05) is 35.9 Å². The SMILES string of the molecule is COc1cc(N2CCc3nc(NC(=O)Nc4ccccc4C(=O)CC(C)C)sc3C2)nc(OC)n1. The fourth-order valence-corrected chi connectivity index (χ4v) is 4.78. The van der Waals surface area contributed by atoms with Crippen molar-refractivity contribution in [2.24, 2.45) is 5.92 Å². The van der Waals surface area contributed by atoms with E-state index in [4.69, 9.17) is 9.47 Å². The number of anilines is 3. The molecule has 0 unspecified atom stereocenters. The molecule has 0 fully saturated rings. The van der Waals surface area contributed by atoms with Crippen LogP contribution >= 0.6 is 11.3 Å². The number of carbonyl (C=O) groups is 2. The third-order valence-electron chi connectivity index (χ3n) is 5.41. The Bertz CT molecular complexity index is 1210.